The molecule has 1 amide bonds. The first-order chi connectivity index (χ1) is 20.9. The molecule has 6 rings (SSSR count). The lowest BCUT2D eigenvalue weighted by Gasteiger charge is -2.41. The quantitative estimate of drug-likeness (QED) is 0.260. The summed E-state index contributed by atoms with van der Waals surface area (Å²) in [6.45, 7) is 10.4. The highest BCUT2D eigenvalue weighted by atomic mass is 35.5. The van der Waals surface area contributed by atoms with E-state index in [9.17, 15) is 9.59 Å². The van der Waals surface area contributed by atoms with Gasteiger partial charge in [0.15, 0.2) is 11.4 Å². The van der Waals surface area contributed by atoms with Crippen molar-refractivity contribution < 1.29 is 18.7 Å². The molecule has 3 aromatic heterocycles. The van der Waals surface area contributed by atoms with E-state index < -0.39 is 29.2 Å². The minimum Gasteiger partial charge on any atom is -0.489 e. The number of rotatable bonds is 3. The zero-order chi connectivity index (χ0) is 31.5. The molecule has 230 valence electrons. The van der Waals surface area contributed by atoms with E-state index in [1.165, 1.54) is 16.8 Å². The Kier molecular flexibility index (Phi) is 7.65. The molecule has 1 saturated heterocycles. The van der Waals surface area contributed by atoms with Gasteiger partial charge in [-0.25, -0.2) is 23.5 Å². The molecule has 0 radical (unpaired) electrons. The first kappa shape index (κ1) is 30.1. The number of carbonyl (C=O) groups is 1. The number of carbonyl (C=O) groups excluding carboxylic acids is 1. The van der Waals surface area contributed by atoms with Crippen LogP contribution in [-0.2, 0) is 4.74 Å². The Morgan fingerprint density at radius 2 is 1.89 bits per heavy atom. The normalized spacial score (nSPS) is 16.5. The van der Waals surface area contributed by atoms with Crippen molar-refractivity contribution in [2.75, 3.05) is 31.1 Å². The first-order valence-electron chi connectivity index (χ1n) is 14.3. The van der Waals surface area contributed by atoms with Crippen LogP contribution in [0.2, 0.25) is 10.0 Å². The fourth-order valence-electron chi connectivity index (χ4n) is 5.61. The number of nitrogens with zero attached hydrogens (tertiary/aromatic N) is 6. The maximum Gasteiger partial charge on any atom is 0.410 e. The number of hydrogen-bond donors (Lipinski definition) is 0. The predicted molar refractivity (Wildman–Crippen MR) is 167 cm³/mol. The third kappa shape index (κ3) is 5.21. The third-order valence-corrected chi connectivity index (χ3v) is 8.23. The molecule has 0 spiro atoms. The second kappa shape index (κ2) is 11.2. The summed E-state index contributed by atoms with van der Waals surface area (Å²) in [5.41, 5.74) is 0.162. The number of fused-ring (bicyclic) bond motifs is 2. The number of halogens is 3. The van der Waals surface area contributed by atoms with Gasteiger partial charge in [-0.15, -0.1) is 0 Å². The van der Waals surface area contributed by atoms with Gasteiger partial charge in [0.2, 0.25) is 0 Å². The zero-order valence-electron chi connectivity index (χ0n) is 24.9. The maximum absolute atomic E-state index is 15.2. The van der Waals surface area contributed by atoms with Crippen molar-refractivity contribution in [1.82, 2.24) is 24.4 Å². The average Bonchev–Trinajstić information content (AvgIpc) is 3.12. The molecule has 0 N–H and O–H groups in total. The van der Waals surface area contributed by atoms with Crippen LogP contribution in [0.1, 0.15) is 46.1 Å². The summed E-state index contributed by atoms with van der Waals surface area (Å²) in [4.78, 5) is 44.2. The van der Waals surface area contributed by atoms with E-state index in [1.54, 1.807) is 29.3 Å². The van der Waals surface area contributed by atoms with Gasteiger partial charge in [0.1, 0.15) is 34.3 Å². The van der Waals surface area contributed by atoms with Crippen LogP contribution < -0.4 is 15.3 Å². The molecule has 0 bridgehead atoms. The summed E-state index contributed by atoms with van der Waals surface area (Å²) in [6, 6.07) is 5.72. The Labute approximate surface area is 263 Å². The molecule has 4 aromatic rings. The van der Waals surface area contributed by atoms with E-state index in [2.05, 4.69) is 9.97 Å². The van der Waals surface area contributed by atoms with E-state index in [0.717, 1.165) is 0 Å². The molecule has 2 aliphatic heterocycles. The van der Waals surface area contributed by atoms with E-state index in [4.69, 9.17) is 37.7 Å². The highest BCUT2D eigenvalue weighted by molar-refractivity contribution is 6.36. The summed E-state index contributed by atoms with van der Waals surface area (Å²) in [5, 5.41) is 0.676. The molecule has 5 heterocycles. The lowest BCUT2D eigenvalue weighted by atomic mass is 10.0. The second-order valence-corrected chi connectivity index (χ2v) is 12.9. The van der Waals surface area contributed by atoms with Crippen LogP contribution in [0.4, 0.5) is 15.0 Å². The molecule has 0 unspecified atom stereocenters. The van der Waals surface area contributed by atoms with Crippen molar-refractivity contribution in [2.24, 2.45) is 0 Å². The first-order valence-corrected chi connectivity index (χ1v) is 15.0. The Bertz CT molecular complexity index is 1860. The summed E-state index contributed by atoms with van der Waals surface area (Å²) < 4.78 is 28.5. The summed E-state index contributed by atoms with van der Waals surface area (Å²) in [6.07, 6.45) is 2.65. The number of piperazine rings is 1. The van der Waals surface area contributed by atoms with Gasteiger partial charge in [0.05, 0.1) is 22.4 Å². The van der Waals surface area contributed by atoms with Crippen molar-refractivity contribution in [3.05, 3.63) is 68.6 Å². The Balaban J connectivity index is 1.61. The van der Waals surface area contributed by atoms with Crippen molar-refractivity contribution in [1.29, 1.82) is 0 Å². The van der Waals surface area contributed by atoms with Gasteiger partial charge in [0, 0.05) is 37.6 Å². The van der Waals surface area contributed by atoms with Gasteiger partial charge in [-0.2, -0.15) is 4.98 Å². The van der Waals surface area contributed by atoms with E-state index in [1.807, 2.05) is 39.5 Å². The minimum atomic E-state index is -0.659. The fourth-order valence-corrected chi connectivity index (χ4v) is 6.15. The van der Waals surface area contributed by atoms with E-state index in [-0.39, 0.29) is 51.8 Å². The number of benzene rings is 1. The molecular formula is C31H31Cl2FN6O4. The number of aromatic nitrogens is 4. The Morgan fingerprint density at radius 3 is 2.59 bits per heavy atom. The van der Waals surface area contributed by atoms with Crippen LogP contribution in [0.5, 0.6) is 5.75 Å². The number of ether oxygens (including phenoxy) is 2. The number of amides is 1. The molecule has 0 aliphatic carbocycles. The van der Waals surface area contributed by atoms with E-state index in [0.29, 0.717) is 35.5 Å². The van der Waals surface area contributed by atoms with Crippen LogP contribution in [0.3, 0.4) is 0 Å². The smallest absolute Gasteiger partial charge is 0.410 e. The Morgan fingerprint density at radius 1 is 1.14 bits per heavy atom. The molecule has 2 aliphatic rings. The SMILES string of the molecule is CC(C)c1cncc(Cl)c1-n1c(=O)nc2c3c(c(Cl)c(-c4ccccc4F)nc31)OC[C@H]1CN(C(=O)OC(C)(C)C)CCN21. The fraction of sp³-hybridized carbons (Fsp3) is 0.387. The van der Waals surface area contributed by atoms with Crippen LogP contribution in [0.25, 0.3) is 28.0 Å². The van der Waals surface area contributed by atoms with Crippen LogP contribution in [0, 0.1) is 5.82 Å². The van der Waals surface area contributed by atoms with Gasteiger partial charge < -0.3 is 19.3 Å². The highest BCUT2D eigenvalue weighted by Gasteiger charge is 2.38. The number of pyridine rings is 2. The number of anilines is 1. The third-order valence-electron chi connectivity index (χ3n) is 7.61. The largest absolute Gasteiger partial charge is 0.489 e. The minimum absolute atomic E-state index is 0.0621. The van der Waals surface area contributed by atoms with E-state index >= 15 is 4.39 Å². The van der Waals surface area contributed by atoms with Gasteiger partial charge in [-0.05, 0) is 44.4 Å². The molecular weight excluding hydrogens is 610 g/mol. The van der Waals surface area contributed by atoms with Gasteiger partial charge in [0.25, 0.3) is 0 Å². The molecule has 1 aromatic carbocycles. The predicted octanol–water partition coefficient (Wildman–Crippen LogP) is 6.23. The van der Waals surface area contributed by atoms with Crippen molar-refractivity contribution in [2.45, 2.75) is 52.2 Å². The monoisotopic (exact) mass is 640 g/mol. The van der Waals surface area contributed by atoms with Crippen molar-refractivity contribution >= 4 is 46.1 Å². The molecule has 1 atom stereocenters. The average molecular weight is 642 g/mol. The number of hydrogen-bond acceptors (Lipinski definition) is 8. The van der Waals surface area contributed by atoms with Gasteiger partial charge in [-0.3, -0.25) is 4.98 Å². The van der Waals surface area contributed by atoms with Crippen LogP contribution in [-0.4, -0.2) is 68.4 Å². The summed E-state index contributed by atoms with van der Waals surface area (Å²) in [7, 11) is 0. The van der Waals surface area contributed by atoms with Gasteiger partial charge in [-0.1, -0.05) is 49.2 Å². The second-order valence-electron chi connectivity index (χ2n) is 12.1. The van der Waals surface area contributed by atoms with Crippen molar-refractivity contribution in [3.63, 3.8) is 0 Å². The molecule has 13 heteroatoms. The van der Waals surface area contributed by atoms with Crippen LogP contribution in [0.15, 0.2) is 41.5 Å². The molecule has 0 saturated carbocycles. The molecule has 44 heavy (non-hydrogen) atoms. The molecule has 10 nitrogen and oxygen atoms in total. The summed E-state index contributed by atoms with van der Waals surface area (Å²) >= 11 is 13.7. The van der Waals surface area contributed by atoms with Gasteiger partial charge >= 0.3 is 11.8 Å². The lowest BCUT2D eigenvalue weighted by molar-refractivity contribution is 0.0202. The maximum atomic E-state index is 15.2. The standard InChI is InChI=1S/C31H31Cl2FN6O4/c1-16(2)19-12-35-13-20(32)25(19)40-28-22-26(23(33)24(36-28)18-8-6-7-9-21(18)34)43-15-17-14-38(30(42)44-31(3,4)5)10-11-39(17)27(22)37-29(40)41/h6-9,12-13,16-17H,10-11,14-15H2,1-5H3/t17-/m1/s1. The Hall–Kier alpha value is -3.96. The zero-order valence-corrected chi connectivity index (χ0v) is 26.4. The lowest BCUT2D eigenvalue weighted by Crippen LogP contribution is -2.57. The molecule has 1 fully saturated rings. The van der Waals surface area contributed by atoms with Crippen molar-refractivity contribution in [3.8, 4) is 22.7 Å². The van der Waals surface area contributed by atoms with Crippen LogP contribution >= 0.6 is 23.2 Å². The highest BCUT2D eigenvalue weighted by Crippen LogP contribution is 2.46. The summed E-state index contributed by atoms with van der Waals surface area (Å²) in [5.74, 6) is -0.0811. The topological polar surface area (TPSA) is 103 Å².